The van der Waals surface area contributed by atoms with Crippen molar-refractivity contribution in [3.63, 3.8) is 0 Å². The Morgan fingerprint density at radius 1 is 1.35 bits per heavy atom. The molecule has 1 amide bonds. The monoisotopic (exact) mass is 337 g/mol. The van der Waals surface area contributed by atoms with Crippen LogP contribution in [0.5, 0.6) is 0 Å². The van der Waals surface area contributed by atoms with Crippen molar-refractivity contribution in [2.45, 2.75) is 38.3 Å². The van der Waals surface area contributed by atoms with E-state index in [1.54, 1.807) is 0 Å². The van der Waals surface area contributed by atoms with Crippen LogP contribution in [0.3, 0.4) is 0 Å². The Hall–Kier alpha value is -1.10. The van der Waals surface area contributed by atoms with Crippen LogP contribution < -0.4 is 5.32 Å². The lowest BCUT2D eigenvalue weighted by molar-refractivity contribution is -0.121. The SMILES string of the molecule is CN(C)[C@H]1CCCN(CCC(=O)NCc2cccc(Cl)c2)CC1. The van der Waals surface area contributed by atoms with E-state index < -0.39 is 0 Å². The Labute approximate surface area is 144 Å². The molecular weight excluding hydrogens is 310 g/mol. The number of benzene rings is 1. The average molecular weight is 338 g/mol. The van der Waals surface area contributed by atoms with Gasteiger partial charge in [0.25, 0.3) is 0 Å². The van der Waals surface area contributed by atoms with Crippen LogP contribution >= 0.6 is 11.6 Å². The van der Waals surface area contributed by atoms with E-state index in [1.807, 2.05) is 24.3 Å². The Kier molecular flexibility index (Phi) is 7.34. The Morgan fingerprint density at radius 2 is 2.17 bits per heavy atom. The van der Waals surface area contributed by atoms with Crippen molar-refractivity contribution in [2.24, 2.45) is 0 Å². The largest absolute Gasteiger partial charge is 0.352 e. The molecule has 1 aromatic carbocycles. The van der Waals surface area contributed by atoms with Crippen molar-refractivity contribution < 1.29 is 4.79 Å². The lowest BCUT2D eigenvalue weighted by Gasteiger charge is -2.23. The van der Waals surface area contributed by atoms with Crippen LogP contribution in [0.15, 0.2) is 24.3 Å². The van der Waals surface area contributed by atoms with Gasteiger partial charge in [-0.2, -0.15) is 0 Å². The van der Waals surface area contributed by atoms with Crippen molar-refractivity contribution in [2.75, 3.05) is 33.7 Å². The molecule has 1 N–H and O–H groups in total. The minimum Gasteiger partial charge on any atom is -0.352 e. The molecule has 1 saturated heterocycles. The van der Waals surface area contributed by atoms with Gasteiger partial charge in [0.2, 0.25) is 5.91 Å². The number of carbonyl (C=O) groups excluding carboxylic acids is 1. The van der Waals surface area contributed by atoms with Gasteiger partial charge in [-0.1, -0.05) is 23.7 Å². The van der Waals surface area contributed by atoms with E-state index in [0.717, 1.165) is 25.2 Å². The first kappa shape index (κ1) is 18.2. The zero-order chi connectivity index (χ0) is 16.7. The topological polar surface area (TPSA) is 35.6 Å². The normalized spacial score (nSPS) is 19.6. The van der Waals surface area contributed by atoms with E-state index in [4.69, 9.17) is 11.6 Å². The maximum absolute atomic E-state index is 12.0. The second kappa shape index (κ2) is 9.26. The number of carbonyl (C=O) groups is 1. The minimum absolute atomic E-state index is 0.110. The van der Waals surface area contributed by atoms with Crippen LogP contribution in [0.4, 0.5) is 0 Å². The summed E-state index contributed by atoms with van der Waals surface area (Å²) in [6.45, 7) is 3.58. The standard InChI is InChI=1S/C18H28ClN3O/c1-21(2)17-7-4-10-22(11-8-17)12-9-18(23)20-14-15-5-3-6-16(19)13-15/h3,5-6,13,17H,4,7-12,14H2,1-2H3,(H,20,23)/t17-/m0/s1. The van der Waals surface area contributed by atoms with Crippen LogP contribution in [-0.4, -0.2) is 55.5 Å². The van der Waals surface area contributed by atoms with Gasteiger partial charge in [0.05, 0.1) is 0 Å². The molecule has 1 atom stereocenters. The molecule has 128 valence electrons. The summed E-state index contributed by atoms with van der Waals surface area (Å²) in [5, 5.41) is 3.68. The van der Waals surface area contributed by atoms with Gasteiger partial charge in [0.1, 0.15) is 0 Å². The molecule has 1 aromatic rings. The van der Waals surface area contributed by atoms with Crippen LogP contribution in [0.2, 0.25) is 5.02 Å². The van der Waals surface area contributed by atoms with Gasteiger partial charge in [-0.25, -0.2) is 0 Å². The summed E-state index contributed by atoms with van der Waals surface area (Å²) in [6, 6.07) is 8.28. The van der Waals surface area contributed by atoms with Crippen molar-refractivity contribution in [3.8, 4) is 0 Å². The molecule has 0 aromatic heterocycles. The molecule has 23 heavy (non-hydrogen) atoms. The van der Waals surface area contributed by atoms with Crippen LogP contribution in [0.1, 0.15) is 31.2 Å². The maximum Gasteiger partial charge on any atom is 0.221 e. The van der Waals surface area contributed by atoms with E-state index in [-0.39, 0.29) is 5.91 Å². The Morgan fingerprint density at radius 3 is 2.91 bits per heavy atom. The molecule has 2 rings (SSSR count). The molecular formula is C18H28ClN3O. The average Bonchev–Trinajstić information content (AvgIpc) is 2.77. The lowest BCUT2D eigenvalue weighted by atomic mass is 10.1. The maximum atomic E-state index is 12.0. The molecule has 1 heterocycles. The van der Waals surface area contributed by atoms with Crippen molar-refractivity contribution in [1.82, 2.24) is 15.1 Å². The summed E-state index contributed by atoms with van der Waals surface area (Å²) in [7, 11) is 4.31. The van der Waals surface area contributed by atoms with E-state index in [9.17, 15) is 4.79 Å². The fraction of sp³-hybridized carbons (Fsp3) is 0.611. The van der Waals surface area contributed by atoms with E-state index in [2.05, 4.69) is 29.2 Å². The van der Waals surface area contributed by atoms with Crippen molar-refractivity contribution >= 4 is 17.5 Å². The summed E-state index contributed by atoms with van der Waals surface area (Å²) in [4.78, 5) is 16.8. The summed E-state index contributed by atoms with van der Waals surface area (Å²) < 4.78 is 0. The molecule has 5 heteroatoms. The highest BCUT2D eigenvalue weighted by Gasteiger charge is 2.18. The fourth-order valence-corrected chi connectivity index (χ4v) is 3.29. The minimum atomic E-state index is 0.110. The van der Waals surface area contributed by atoms with E-state index in [0.29, 0.717) is 24.0 Å². The first-order chi connectivity index (χ1) is 11.0. The summed E-state index contributed by atoms with van der Waals surface area (Å²) in [5.74, 6) is 0.110. The van der Waals surface area contributed by atoms with E-state index >= 15 is 0 Å². The predicted octanol–water partition coefficient (Wildman–Crippen LogP) is 2.76. The summed E-state index contributed by atoms with van der Waals surface area (Å²) >= 11 is 5.95. The van der Waals surface area contributed by atoms with Gasteiger partial charge in [0.15, 0.2) is 0 Å². The highest BCUT2D eigenvalue weighted by molar-refractivity contribution is 6.30. The second-order valence-corrected chi connectivity index (χ2v) is 6.98. The quantitative estimate of drug-likeness (QED) is 0.867. The van der Waals surface area contributed by atoms with Gasteiger partial charge in [-0.15, -0.1) is 0 Å². The van der Waals surface area contributed by atoms with Gasteiger partial charge in [-0.05, 0) is 64.1 Å². The molecule has 0 saturated carbocycles. The zero-order valence-corrected chi connectivity index (χ0v) is 15.0. The van der Waals surface area contributed by atoms with Crippen molar-refractivity contribution in [3.05, 3.63) is 34.9 Å². The first-order valence-corrected chi connectivity index (χ1v) is 8.82. The van der Waals surface area contributed by atoms with Gasteiger partial charge < -0.3 is 15.1 Å². The number of amides is 1. The molecule has 1 fully saturated rings. The highest BCUT2D eigenvalue weighted by atomic mass is 35.5. The number of nitrogens with zero attached hydrogens (tertiary/aromatic N) is 2. The molecule has 1 aliphatic heterocycles. The van der Waals surface area contributed by atoms with Gasteiger partial charge >= 0.3 is 0 Å². The molecule has 4 nitrogen and oxygen atoms in total. The third kappa shape index (κ3) is 6.50. The number of halogens is 1. The number of nitrogens with one attached hydrogen (secondary N) is 1. The Balaban J connectivity index is 1.68. The Bertz CT molecular complexity index is 507. The lowest BCUT2D eigenvalue weighted by Crippen LogP contribution is -2.33. The molecule has 1 aliphatic rings. The van der Waals surface area contributed by atoms with E-state index in [1.165, 1.54) is 19.3 Å². The van der Waals surface area contributed by atoms with Crippen molar-refractivity contribution in [1.29, 1.82) is 0 Å². The smallest absolute Gasteiger partial charge is 0.221 e. The second-order valence-electron chi connectivity index (χ2n) is 6.55. The number of likely N-dealkylation sites (tertiary alicyclic amines) is 1. The predicted molar refractivity (Wildman–Crippen MR) is 95.7 cm³/mol. The molecule has 0 aliphatic carbocycles. The summed E-state index contributed by atoms with van der Waals surface area (Å²) in [6.07, 6.45) is 4.22. The van der Waals surface area contributed by atoms with Gasteiger partial charge in [0, 0.05) is 30.6 Å². The van der Waals surface area contributed by atoms with Crippen LogP contribution in [0.25, 0.3) is 0 Å². The van der Waals surface area contributed by atoms with Crippen LogP contribution in [-0.2, 0) is 11.3 Å². The molecule has 0 bridgehead atoms. The number of hydrogen-bond acceptors (Lipinski definition) is 3. The molecule has 0 unspecified atom stereocenters. The third-order valence-electron chi connectivity index (χ3n) is 4.55. The zero-order valence-electron chi connectivity index (χ0n) is 14.2. The molecule has 0 radical (unpaired) electrons. The first-order valence-electron chi connectivity index (χ1n) is 8.44. The summed E-state index contributed by atoms with van der Waals surface area (Å²) in [5.41, 5.74) is 1.04. The fourth-order valence-electron chi connectivity index (χ4n) is 3.07. The molecule has 0 spiro atoms. The number of rotatable bonds is 6. The number of hydrogen-bond donors (Lipinski definition) is 1. The highest BCUT2D eigenvalue weighted by Crippen LogP contribution is 2.15. The van der Waals surface area contributed by atoms with Crippen LogP contribution in [0, 0.1) is 0 Å². The third-order valence-corrected chi connectivity index (χ3v) is 4.79. The van der Waals surface area contributed by atoms with Gasteiger partial charge in [-0.3, -0.25) is 4.79 Å².